The number of carbonyl (C=O) groups excluding carboxylic acids is 1. The molecule has 4 nitrogen and oxygen atoms in total. The fourth-order valence-corrected chi connectivity index (χ4v) is 2.40. The Morgan fingerprint density at radius 1 is 1.53 bits per heavy atom. The van der Waals surface area contributed by atoms with Crippen LogP contribution in [0, 0.1) is 12.8 Å². The minimum absolute atomic E-state index is 0.0650. The molecule has 1 aromatic rings. The van der Waals surface area contributed by atoms with Crippen LogP contribution >= 0.6 is 0 Å². The molecule has 1 saturated carbocycles. The quantitative estimate of drug-likeness (QED) is 0.847. The molecular formula is C15H21NO3. The van der Waals surface area contributed by atoms with Crippen molar-refractivity contribution in [3.05, 3.63) is 29.1 Å². The Morgan fingerprint density at radius 3 is 2.79 bits per heavy atom. The molecule has 0 spiro atoms. The summed E-state index contributed by atoms with van der Waals surface area (Å²) in [7, 11) is 0. The molecule has 2 unspecified atom stereocenters. The Hall–Kier alpha value is -1.42. The third-order valence-corrected chi connectivity index (χ3v) is 3.46. The largest absolute Gasteiger partial charge is 0.466 e. The minimum Gasteiger partial charge on any atom is -0.466 e. The number of ether oxygens (including phenoxy) is 1. The van der Waals surface area contributed by atoms with Gasteiger partial charge >= 0.3 is 5.97 Å². The van der Waals surface area contributed by atoms with Crippen LogP contribution in [0.1, 0.15) is 50.1 Å². The van der Waals surface area contributed by atoms with E-state index in [0.29, 0.717) is 12.3 Å². The van der Waals surface area contributed by atoms with Crippen molar-refractivity contribution in [3.63, 3.8) is 0 Å². The number of esters is 1. The minimum atomic E-state index is -0.964. The summed E-state index contributed by atoms with van der Waals surface area (Å²) in [4.78, 5) is 16.2. The van der Waals surface area contributed by atoms with Crippen LogP contribution in [-0.2, 0) is 15.1 Å². The number of nitrogens with zero attached hydrogens (tertiary/aromatic N) is 1. The maximum Gasteiger partial charge on any atom is 0.309 e. The smallest absolute Gasteiger partial charge is 0.309 e. The summed E-state index contributed by atoms with van der Waals surface area (Å²) in [6.07, 6.45) is 0.792. The highest BCUT2D eigenvalue weighted by molar-refractivity contribution is 5.77. The van der Waals surface area contributed by atoms with E-state index in [0.717, 1.165) is 17.7 Å². The number of hydrogen-bond acceptors (Lipinski definition) is 4. The molecule has 0 aliphatic heterocycles. The van der Waals surface area contributed by atoms with Gasteiger partial charge in [-0.15, -0.1) is 0 Å². The van der Waals surface area contributed by atoms with E-state index in [2.05, 4.69) is 4.98 Å². The second kappa shape index (κ2) is 4.93. The van der Waals surface area contributed by atoms with Crippen LogP contribution in [-0.4, -0.2) is 22.7 Å². The Bertz CT molecular complexity index is 491. The van der Waals surface area contributed by atoms with Gasteiger partial charge in [0.15, 0.2) is 0 Å². The standard InChI is InChI=1S/C15H21NO3/c1-5-19-14(17)11-8-10(11)12-7-6-9(2)13(16-12)15(3,4)18/h6-7,10-11,18H,5,8H2,1-4H3. The van der Waals surface area contributed by atoms with Crippen molar-refractivity contribution >= 4 is 5.97 Å². The fraction of sp³-hybridized carbons (Fsp3) is 0.600. The van der Waals surface area contributed by atoms with Gasteiger partial charge in [0.05, 0.1) is 18.2 Å². The van der Waals surface area contributed by atoms with E-state index >= 15 is 0 Å². The van der Waals surface area contributed by atoms with Crippen molar-refractivity contribution in [3.8, 4) is 0 Å². The van der Waals surface area contributed by atoms with Gasteiger partial charge < -0.3 is 9.84 Å². The van der Waals surface area contributed by atoms with Crippen LogP contribution in [0.2, 0.25) is 0 Å². The van der Waals surface area contributed by atoms with Gasteiger partial charge in [-0.25, -0.2) is 0 Å². The first kappa shape index (κ1) is 14.0. The number of rotatable bonds is 4. The molecule has 0 radical (unpaired) electrons. The zero-order valence-electron chi connectivity index (χ0n) is 11.9. The van der Waals surface area contributed by atoms with Crippen molar-refractivity contribution in [1.29, 1.82) is 0 Å². The Balaban J connectivity index is 2.18. The predicted octanol–water partition coefficient (Wildman–Crippen LogP) is 2.28. The highest BCUT2D eigenvalue weighted by Gasteiger charge is 2.46. The highest BCUT2D eigenvalue weighted by atomic mass is 16.5. The third-order valence-electron chi connectivity index (χ3n) is 3.46. The van der Waals surface area contributed by atoms with Gasteiger partial charge in [0.2, 0.25) is 0 Å². The molecule has 0 saturated heterocycles. The van der Waals surface area contributed by atoms with Crippen molar-refractivity contribution < 1.29 is 14.6 Å². The first-order valence-corrected chi connectivity index (χ1v) is 6.71. The van der Waals surface area contributed by atoms with E-state index < -0.39 is 5.60 Å². The molecule has 1 aliphatic carbocycles. The molecule has 1 aromatic heterocycles. The van der Waals surface area contributed by atoms with Gasteiger partial charge in [-0.3, -0.25) is 9.78 Å². The normalized spacial score (nSPS) is 22.2. The lowest BCUT2D eigenvalue weighted by molar-refractivity contribution is -0.144. The van der Waals surface area contributed by atoms with Crippen LogP contribution in [0.3, 0.4) is 0 Å². The summed E-state index contributed by atoms with van der Waals surface area (Å²) in [6, 6.07) is 3.89. The van der Waals surface area contributed by atoms with Crippen molar-refractivity contribution in [1.82, 2.24) is 4.98 Å². The molecule has 1 fully saturated rings. The Labute approximate surface area is 113 Å². The highest BCUT2D eigenvalue weighted by Crippen LogP contribution is 2.47. The second-order valence-electron chi connectivity index (χ2n) is 5.66. The number of aryl methyl sites for hydroxylation is 1. The molecule has 104 valence electrons. The number of hydrogen-bond donors (Lipinski definition) is 1. The number of aromatic nitrogens is 1. The summed E-state index contributed by atoms with van der Waals surface area (Å²) in [6.45, 7) is 7.60. The third kappa shape index (κ3) is 2.95. The molecule has 19 heavy (non-hydrogen) atoms. The van der Waals surface area contributed by atoms with Gasteiger partial charge in [0.1, 0.15) is 5.60 Å². The summed E-state index contributed by atoms with van der Waals surface area (Å²) in [5.74, 6) is -0.0646. The summed E-state index contributed by atoms with van der Waals surface area (Å²) in [5.41, 5.74) is 1.55. The van der Waals surface area contributed by atoms with Crippen molar-refractivity contribution in [2.45, 2.75) is 45.6 Å². The lowest BCUT2D eigenvalue weighted by Gasteiger charge is -2.19. The van der Waals surface area contributed by atoms with E-state index in [-0.39, 0.29) is 17.8 Å². The van der Waals surface area contributed by atoms with Gasteiger partial charge in [-0.1, -0.05) is 6.07 Å². The van der Waals surface area contributed by atoms with Crippen LogP contribution in [0.25, 0.3) is 0 Å². The SMILES string of the molecule is CCOC(=O)C1CC1c1ccc(C)c(C(C)(C)O)n1. The van der Waals surface area contributed by atoms with Gasteiger partial charge in [0, 0.05) is 11.6 Å². The summed E-state index contributed by atoms with van der Waals surface area (Å²) < 4.78 is 5.02. The maximum atomic E-state index is 11.6. The molecule has 1 aliphatic rings. The fourth-order valence-electron chi connectivity index (χ4n) is 2.40. The molecule has 1 heterocycles. The van der Waals surface area contributed by atoms with E-state index in [9.17, 15) is 9.90 Å². The molecule has 4 heteroatoms. The molecule has 2 atom stereocenters. The van der Waals surface area contributed by atoms with Gasteiger partial charge in [-0.05, 0) is 45.7 Å². The van der Waals surface area contributed by atoms with Crippen LogP contribution in [0.15, 0.2) is 12.1 Å². The lowest BCUT2D eigenvalue weighted by Crippen LogP contribution is -2.20. The molecule has 0 bridgehead atoms. The van der Waals surface area contributed by atoms with Crippen LogP contribution in [0.4, 0.5) is 0 Å². The first-order chi connectivity index (χ1) is 8.84. The molecular weight excluding hydrogens is 242 g/mol. The van der Waals surface area contributed by atoms with Crippen molar-refractivity contribution in [2.24, 2.45) is 5.92 Å². The average molecular weight is 263 g/mol. The van der Waals surface area contributed by atoms with Gasteiger partial charge in [0.25, 0.3) is 0 Å². The van der Waals surface area contributed by atoms with Gasteiger partial charge in [-0.2, -0.15) is 0 Å². The first-order valence-electron chi connectivity index (χ1n) is 6.71. The Morgan fingerprint density at radius 2 is 2.21 bits per heavy atom. The van der Waals surface area contributed by atoms with Crippen LogP contribution < -0.4 is 0 Å². The monoisotopic (exact) mass is 263 g/mol. The van der Waals surface area contributed by atoms with E-state index in [1.165, 1.54) is 0 Å². The number of carbonyl (C=O) groups is 1. The molecule has 2 rings (SSSR count). The van der Waals surface area contributed by atoms with E-state index in [1.807, 2.05) is 26.0 Å². The van der Waals surface area contributed by atoms with E-state index in [4.69, 9.17) is 4.74 Å². The predicted molar refractivity (Wildman–Crippen MR) is 71.7 cm³/mol. The zero-order chi connectivity index (χ0) is 14.2. The second-order valence-corrected chi connectivity index (χ2v) is 5.66. The van der Waals surface area contributed by atoms with Crippen molar-refractivity contribution in [2.75, 3.05) is 6.61 Å². The Kier molecular flexibility index (Phi) is 3.63. The van der Waals surface area contributed by atoms with Crippen LogP contribution in [0.5, 0.6) is 0 Å². The molecule has 0 amide bonds. The van der Waals surface area contributed by atoms with E-state index in [1.54, 1.807) is 13.8 Å². The molecule has 0 aromatic carbocycles. The zero-order valence-corrected chi connectivity index (χ0v) is 11.9. The molecule has 1 N–H and O–H groups in total. The maximum absolute atomic E-state index is 11.6. The average Bonchev–Trinajstić information content (AvgIpc) is 3.08. The number of aliphatic hydroxyl groups is 1. The topological polar surface area (TPSA) is 59.4 Å². The summed E-state index contributed by atoms with van der Waals surface area (Å²) >= 11 is 0. The summed E-state index contributed by atoms with van der Waals surface area (Å²) in [5, 5.41) is 10.1. The number of pyridine rings is 1. The lowest BCUT2D eigenvalue weighted by atomic mass is 9.99.